The predicted molar refractivity (Wildman–Crippen MR) is 118 cm³/mol. The standard InChI is InChI=1S/C23H22F5N5/c1-13(31-21-11-29-20-9-19(25)18(24)8-17(20)21)14(2)32(3)16-6-7-33(12-16)22-5-4-15(10-30-22)23(26,27)28/h4-5,8-11,16,29,31H,1-2,6-7,12H2,3H3. The van der Waals surface area contributed by atoms with Gasteiger partial charge < -0.3 is 20.1 Å². The van der Waals surface area contributed by atoms with Gasteiger partial charge in [0.1, 0.15) is 5.82 Å². The average molecular weight is 463 g/mol. The van der Waals surface area contributed by atoms with E-state index in [2.05, 4.69) is 28.4 Å². The number of anilines is 2. The highest BCUT2D eigenvalue weighted by atomic mass is 19.4. The Hall–Kier alpha value is -3.56. The van der Waals surface area contributed by atoms with Gasteiger partial charge in [0.25, 0.3) is 0 Å². The van der Waals surface area contributed by atoms with Gasteiger partial charge in [0.2, 0.25) is 0 Å². The van der Waals surface area contributed by atoms with Crippen LogP contribution < -0.4 is 10.2 Å². The molecule has 1 fully saturated rings. The first-order chi connectivity index (χ1) is 15.5. The molecular formula is C23H22F5N5. The lowest BCUT2D eigenvalue weighted by molar-refractivity contribution is -0.137. The monoisotopic (exact) mass is 463 g/mol. The molecule has 10 heteroatoms. The number of pyridine rings is 1. The largest absolute Gasteiger partial charge is 0.417 e. The second-order valence-electron chi connectivity index (χ2n) is 7.97. The van der Waals surface area contributed by atoms with E-state index in [1.165, 1.54) is 6.07 Å². The van der Waals surface area contributed by atoms with Crippen molar-refractivity contribution in [2.45, 2.75) is 18.6 Å². The summed E-state index contributed by atoms with van der Waals surface area (Å²) in [5.41, 5.74) is 1.27. The van der Waals surface area contributed by atoms with Crippen molar-refractivity contribution in [3.05, 3.63) is 78.4 Å². The van der Waals surface area contributed by atoms with Crippen molar-refractivity contribution >= 4 is 22.4 Å². The Bertz CT molecular complexity index is 1200. The van der Waals surface area contributed by atoms with Crippen molar-refractivity contribution in [3.63, 3.8) is 0 Å². The zero-order valence-electron chi connectivity index (χ0n) is 17.8. The van der Waals surface area contributed by atoms with Crippen LogP contribution >= 0.6 is 0 Å². The van der Waals surface area contributed by atoms with Gasteiger partial charge in [-0.3, -0.25) is 0 Å². The van der Waals surface area contributed by atoms with Crippen LogP contribution in [0.15, 0.2) is 61.2 Å². The van der Waals surface area contributed by atoms with E-state index in [4.69, 9.17) is 0 Å². The molecule has 0 bridgehead atoms. The van der Waals surface area contributed by atoms with Gasteiger partial charge in [0, 0.05) is 50.0 Å². The molecule has 3 aromatic rings. The SMILES string of the molecule is C=C(Nc1c[nH]c2cc(F)c(F)cc12)C(=C)N(C)C1CCN(c2ccc(C(F)(F)F)cn2)C1. The van der Waals surface area contributed by atoms with Crippen molar-refractivity contribution in [3.8, 4) is 0 Å². The second-order valence-corrected chi connectivity index (χ2v) is 7.97. The van der Waals surface area contributed by atoms with Crippen LogP contribution in [0.4, 0.5) is 33.5 Å². The van der Waals surface area contributed by atoms with Crippen LogP contribution in [0.25, 0.3) is 10.9 Å². The van der Waals surface area contributed by atoms with Crippen molar-refractivity contribution in [2.24, 2.45) is 0 Å². The van der Waals surface area contributed by atoms with E-state index >= 15 is 0 Å². The zero-order valence-corrected chi connectivity index (χ0v) is 17.8. The Morgan fingerprint density at radius 3 is 2.61 bits per heavy atom. The van der Waals surface area contributed by atoms with E-state index in [1.807, 2.05) is 16.8 Å². The van der Waals surface area contributed by atoms with E-state index in [0.717, 1.165) is 30.8 Å². The first-order valence-corrected chi connectivity index (χ1v) is 10.2. The van der Waals surface area contributed by atoms with E-state index < -0.39 is 23.4 Å². The number of hydrogen-bond acceptors (Lipinski definition) is 4. The molecule has 33 heavy (non-hydrogen) atoms. The number of aromatic nitrogens is 2. The molecule has 1 aromatic carbocycles. The van der Waals surface area contributed by atoms with Crippen LogP contribution in [0.3, 0.4) is 0 Å². The van der Waals surface area contributed by atoms with Crippen LogP contribution in [0.2, 0.25) is 0 Å². The Balaban J connectivity index is 1.40. The summed E-state index contributed by atoms with van der Waals surface area (Å²) >= 11 is 0. The number of rotatable bonds is 6. The molecule has 4 rings (SSSR count). The van der Waals surface area contributed by atoms with Gasteiger partial charge in [-0.15, -0.1) is 0 Å². The number of fused-ring (bicyclic) bond motifs is 1. The van der Waals surface area contributed by atoms with Crippen LogP contribution in [-0.4, -0.2) is 41.0 Å². The first-order valence-electron chi connectivity index (χ1n) is 10.2. The smallest absolute Gasteiger partial charge is 0.369 e. The number of nitrogens with one attached hydrogen (secondary N) is 2. The minimum atomic E-state index is -4.42. The second kappa shape index (κ2) is 8.42. The Morgan fingerprint density at radius 1 is 1.21 bits per heavy atom. The average Bonchev–Trinajstić information content (AvgIpc) is 3.40. The van der Waals surface area contributed by atoms with E-state index in [0.29, 0.717) is 46.9 Å². The summed E-state index contributed by atoms with van der Waals surface area (Å²) in [6.07, 6.45) is -1.24. The number of benzene rings is 1. The molecule has 5 nitrogen and oxygen atoms in total. The van der Waals surface area contributed by atoms with Gasteiger partial charge in [0.05, 0.1) is 28.2 Å². The fraction of sp³-hybridized carbons (Fsp3) is 0.261. The summed E-state index contributed by atoms with van der Waals surface area (Å²) in [5.74, 6) is -1.41. The van der Waals surface area contributed by atoms with Gasteiger partial charge in [0.15, 0.2) is 11.6 Å². The first kappa shape index (κ1) is 22.6. The molecule has 1 atom stereocenters. The van der Waals surface area contributed by atoms with Gasteiger partial charge in [-0.25, -0.2) is 13.8 Å². The number of hydrogen-bond donors (Lipinski definition) is 2. The lowest BCUT2D eigenvalue weighted by atomic mass is 10.2. The highest BCUT2D eigenvalue weighted by Gasteiger charge is 2.32. The lowest BCUT2D eigenvalue weighted by Gasteiger charge is -2.30. The van der Waals surface area contributed by atoms with Gasteiger partial charge in [-0.1, -0.05) is 13.2 Å². The van der Waals surface area contributed by atoms with Crippen molar-refractivity contribution in [1.82, 2.24) is 14.9 Å². The molecule has 0 saturated carbocycles. The maximum Gasteiger partial charge on any atom is 0.417 e. The Labute approximate surface area is 187 Å². The van der Waals surface area contributed by atoms with Crippen molar-refractivity contribution < 1.29 is 22.0 Å². The molecule has 1 aliphatic heterocycles. The molecule has 2 aromatic heterocycles. The van der Waals surface area contributed by atoms with E-state index in [-0.39, 0.29) is 6.04 Å². The molecular weight excluding hydrogens is 441 g/mol. The molecule has 1 aliphatic rings. The molecule has 2 N–H and O–H groups in total. The number of likely N-dealkylation sites (N-methyl/N-ethyl adjacent to an activating group) is 1. The third-order valence-electron chi connectivity index (χ3n) is 5.89. The number of alkyl halides is 3. The predicted octanol–water partition coefficient (Wildman–Crippen LogP) is 5.51. The highest BCUT2D eigenvalue weighted by Crippen LogP contribution is 2.31. The summed E-state index contributed by atoms with van der Waals surface area (Å²) in [7, 11) is 1.85. The highest BCUT2D eigenvalue weighted by molar-refractivity contribution is 5.93. The third kappa shape index (κ3) is 4.50. The van der Waals surface area contributed by atoms with Crippen LogP contribution in [0, 0.1) is 11.6 Å². The molecule has 0 spiro atoms. The third-order valence-corrected chi connectivity index (χ3v) is 5.89. The topological polar surface area (TPSA) is 47.2 Å². The molecule has 0 aliphatic carbocycles. The fourth-order valence-corrected chi connectivity index (χ4v) is 3.89. The minimum absolute atomic E-state index is 0.0367. The number of halogens is 5. The van der Waals surface area contributed by atoms with Crippen molar-refractivity contribution in [2.75, 3.05) is 30.4 Å². The van der Waals surface area contributed by atoms with Crippen molar-refractivity contribution in [1.29, 1.82) is 0 Å². The quantitative estimate of drug-likeness (QED) is 0.374. The fourth-order valence-electron chi connectivity index (χ4n) is 3.89. The number of nitrogens with zero attached hydrogens (tertiary/aromatic N) is 3. The van der Waals surface area contributed by atoms with Gasteiger partial charge in [-0.2, -0.15) is 13.2 Å². The van der Waals surface area contributed by atoms with Crippen LogP contribution in [0.5, 0.6) is 0 Å². The minimum Gasteiger partial charge on any atom is -0.369 e. The van der Waals surface area contributed by atoms with E-state index in [9.17, 15) is 22.0 Å². The van der Waals surface area contributed by atoms with Gasteiger partial charge >= 0.3 is 6.18 Å². The molecule has 0 amide bonds. The zero-order chi connectivity index (χ0) is 23.9. The Kier molecular flexibility index (Phi) is 5.77. The lowest BCUT2D eigenvalue weighted by Crippen LogP contribution is -2.35. The van der Waals surface area contributed by atoms with Crippen LogP contribution in [-0.2, 0) is 6.18 Å². The molecule has 3 heterocycles. The Morgan fingerprint density at radius 2 is 1.94 bits per heavy atom. The summed E-state index contributed by atoms with van der Waals surface area (Å²) < 4.78 is 65.4. The normalized spacial score (nSPS) is 16.3. The summed E-state index contributed by atoms with van der Waals surface area (Å²) in [6, 6.07) is 4.63. The maximum atomic E-state index is 13.7. The molecule has 0 radical (unpaired) electrons. The molecule has 174 valence electrons. The van der Waals surface area contributed by atoms with E-state index in [1.54, 1.807) is 6.20 Å². The maximum absolute atomic E-state index is 13.7. The van der Waals surface area contributed by atoms with Crippen LogP contribution in [0.1, 0.15) is 12.0 Å². The molecule has 1 unspecified atom stereocenters. The summed E-state index contributed by atoms with van der Waals surface area (Å²) in [6.45, 7) is 9.29. The number of aromatic amines is 1. The molecule has 1 saturated heterocycles. The summed E-state index contributed by atoms with van der Waals surface area (Å²) in [4.78, 5) is 10.7. The summed E-state index contributed by atoms with van der Waals surface area (Å²) in [5, 5.41) is 3.57. The van der Waals surface area contributed by atoms with Gasteiger partial charge in [-0.05, 0) is 24.6 Å². The number of H-pyrrole nitrogens is 1.